The zero-order valence-corrected chi connectivity index (χ0v) is 21.2. The summed E-state index contributed by atoms with van der Waals surface area (Å²) in [5, 5.41) is 0.545. The van der Waals surface area contributed by atoms with E-state index in [2.05, 4.69) is 0 Å². The van der Waals surface area contributed by atoms with Crippen LogP contribution in [-0.2, 0) is 9.59 Å². The number of anilines is 2. The molecular formula is C28H27ClFN3O4. The number of hydrogen-bond donors (Lipinski definition) is 1. The number of primary amides is 1. The van der Waals surface area contributed by atoms with Gasteiger partial charge in [0.2, 0.25) is 5.91 Å². The molecule has 3 aromatic rings. The molecule has 0 unspecified atom stereocenters. The topological polar surface area (TPSA) is 92.9 Å². The Hall–Kier alpha value is -3.91. The van der Waals surface area contributed by atoms with E-state index in [0.717, 1.165) is 0 Å². The van der Waals surface area contributed by atoms with Crippen LogP contribution in [0.1, 0.15) is 48.7 Å². The van der Waals surface area contributed by atoms with Crippen LogP contribution in [-0.4, -0.2) is 30.4 Å². The minimum absolute atomic E-state index is 0.104. The predicted molar refractivity (Wildman–Crippen MR) is 140 cm³/mol. The number of nitrogens with two attached hydrogens (primary N) is 1. The molecule has 3 aromatic carbocycles. The average Bonchev–Trinajstić information content (AvgIpc) is 2.88. The average molecular weight is 524 g/mol. The summed E-state index contributed by atoms with van der Waals surface area (Å²) in [7, 11) is 0. The van der Waals surface area contributed by atoms with Crippen molar-refractivity contribution in [2.24, 2.45) is 5.73 Å². The number of hydrogen-bond acceptors (Lipinski definition) is 4. The summed E-state index contributed by atoms with van der Waals surface area (Å²) in [5.41, 5.74) is 7.52. The number of ether oxygens (including phenoxy) is 1. The predicted octanol–water partition coefficient (Wildman–Crippen LogP) is 5.27. The van der Waals surface area contributed by atoms with Crippen LogP contribution >= 0.6 is 11.6 Å². The minimum Gasteiger partial charge on any atom is -0.484 e. The molecule has 1 heterocycles. The van der Waals surface area contributed by atoms with E-state index in [1.807, 2.05) is 6.92 Å². The van der Waals surface area contributed by atoms with Gasteiger partial charge in [-0.05, 0) is 80.1 Å². The lowest BCUT2D eigenvalue weighted by molar-refractivity contribution is -0.120. The number of halogens is 2. The quantitative estimate of drug-likeness (QED) is 0.457. The molecule has 192 valence electrons. The van der Waals surface area contributed by atoms with Gasteiger partial charge >= 0.3 is 0 Å². The Kier molecular flexibility index (Phi) is 7.78. The van der Waals surface area contributed by atoms with E-state index in [4.69, 9.17) is 22.1 Å². The first-order valence-electron chi connectivity index (χ1n) is 11.9. The highest BCUT2D eigenvalue weighted by atomic mass is 35.5. The molecule has 0 aromatic heterocycles. The summed E-state index contributed by atoms with van der Waals surface area (Å²) < 4.78 is 19.0. The van der Waals surface area contributed by atoms with Gasteiger partial charge in [0.15, 0.2) is 6.61 Å². The number of rotatable bonds is 7. The number of nitrogens with zero attached hydrogens (tertiary/aromatic N) is 2. The van der Waals surface area contributed by atoms with E-state index in [-0.39, 0.29) is 30.9 Å². The van der Waals surface area contributed by atoms with Crippen molar-refractivity contribution in [1.82, 2.24) is 0 Å². The molecule has 3 amide bonds. The maximum Gasteiger partial charge on any atom is 0.258 e. The molecule has 0 fully saturated rings. The largest absolute Gasteiger partial charge is 0.484 e. The standard InChI is InChI=1S/C28H27ClFN3O4/c1-3-27(35)33(21-10-6-19(29)7-11-21)25-14-17(2)32(28(36)18-4-8-20(30)9-5-18)24-13-12-22(15-23(24)25)37-16-26(31)34/h4-13,15,17,25H,3,14,16H2,1-2H3,(H2,31,34)/t17-,25+/m1/s1. The van der Waals surface area contributed by atoms with Crippen LogP contribution in [0.4, 0.5) is 15.8 Å². The van der Waals surface area contributed by atoms with Gasteiger partial charge in [-0.2, -0.15) is 0 Å². The summed E-state index contributed by atoms with van der Waals surface area (Å²) in [6.07, 6.45) is 0.687. The van der Waals surface area contributed by atoms with Crippen molar-refractivity contribution >= 4 is 40.7 Å². The molecular weight excluding hydrogens is 497 g/mol. The first-order chi connectivity index (χ1) is 17.7. The molecule has 2 N–H and O–H groups in total. The van der Waals surface area contributed by atoms with Crippen molar-refractivity contribution in [3.8, 4) is 5.75 Å². The number of amides is 3. The zero-order valence-electron chi connectivity index (χ0n) is 20.5. The summed E-state index contributed by atoms with van der Waals surface area (Å²) in [4.78, 5) is 41.5. The first-order valence-corrected chi connectivity index (χ1v) is 12.3. The Balaban J connectivity index is 1.84. The summed E-state index contributed by atoms with van der Waals surface area (Å²) >= 11 is 6.10. The van der Waals surface area contributed by atoms with Gasteiger partial charge in [-0.3, -0.25) is 14.4 Å². The lowest BCUT2D eigenvalue weighted by Crippen LogP contribution is -2.47. The van der Waals surface area contributed by atoms with Gasteiger partial charge in [0.1, 0.15) is 11.6 Å². The molecule has 2 atom stereocenters. The highest BCUT2D eigenvalue weighted by molar-refractivity contribution is 6.30. The van der Waals surface area contributed by atoms with E-state index >= 15 is 0 Å². The molecule has 7 nitrogen and oxygen atoms in total. The van der Waals surface area contributed by atoms with E-state index in [0.29, 0.717) is 39.7 Å². The second-order valence-electron chi connectivity index (χ2n) is 8.85. The van der Waals surface area contributed by atoms with Crippen LogP contribution in [0.5, 0.6) is 5.75 Å². The fraction of sp³-hybridized carbons (Fsp3) is 0.250. The molecule has 9 heteroatoms. The second kappa shape index (κ2) is 11.0. The van der Waals surface area contributed by atoms with Crippen molar-refractivity contribution in [3.63, 3.8) is 0 Å². The Morgan fingerprint density at radius 1 is 1.08 bits per heavy atom. The third kappa shape index (κ3) is 5.59. The Morgan fingerprint density at radius 2 is 1.76 bits per heavy atom. The Labute approximate surface area is 219 Å². The fourth-order valence-electron chi connectivity index (χ4n) is 4.61. The van der Waals surface area contributed by atoms with Crippen LogP contribution < -0.4 is 20.3 Å². The maximum atomic E-state index is 13.6. The number of benzene rings is 3. The summed E-state index contributed by atoms with van der Waals surface area (Å²) in [5.74, 6) is -1.08. The molecule has 37 heavy (non-hydrogen) atoms. The number of carbonyl (C=O) groups is 3. The summed E-state index contributed by atoms with van der Waals surface area (Å²) in [6, 6.07) is 16.8. The Morgan fingerprint density at radius 3 is 2.38 bits per heavy atom. The molecule has 1 aliphatic heterocycles. The van der Waals surface area contributed by atoms with Crippen molar-refractivity contribution in [3.05, 3.63) is 88.7 Å². The maximum absolute atomic E-state index is 13.6. The molecule has 0 bridgehead atoms. The Bertz CT molecular complexity index is 1310. The third-order valence-corrected chi connectivity index (χ3v) is 6.55. The molecule has 0 saturated heterocycles. The van der Waals surface area contributed by atoms with Gasteiger partial charge in [-0.15, -0.1) is 0 Å². The van der Waals surface area contributed by atoms with Crippen molar-refractivity contribution in [1.29, 1.82) is 0 Å². The third-order valence-electron chi connectivity index (χ3n) is 6.30. The van der Waals surface area contributed by atoms with E-state index in [1.54, 1.807) is 59.2 Å². The van der Waals surface area contributed by atoms with E-state index in [9.17, 15) is 18.8 Å². The van der Waals surface area contributed by atoms with E-state index < -0.39 is 17.8 Å². The SMILES string of the molecule is CCC(=O)N(c1ccc(Cl)cc1)[C@H]1C[C@@H](C)N(C(=O)c2ccc(F)cc2)c2ccc(OCC(N)=O)cc21. The smallest absolute Gasteiger partial charge is 0.258 e. The zero-order chi connectivity index (χ0) is 26.7. The number of carbonyl (C=O) groups excluding carboxylic acids is 3. The normalized spacial score (nSPS) is 16.6. The molecule has 4 rings (SSSR count). The fourth-order valence-corrected chi connectivity index (χ4v) is 4.74. The molecule has 0 spiro atoms. The minimum atomic E-state index is -0.625. The van der Waals surface area contributed by atoms with Gasteiger partial charge in [0, 0.05) is 40.0 Å². The first kappa shape index (κ1) is 26.2. The van der Waals surface area contributed by atoms with Crippen molar-refractivity contribution < 1.29 is 23.5 Å². The second-order valence-corrected chi connectivity index (χ2v) is 9.29. The van der Waals surface area contributed by atoms with Gasteiger partial charge < -0.3 is 20.3 Å². The van der Waals surface area contributed by atoms with Crippen LogP contribution in [0.3, 0.4) is 0 Å². The highest BCUT2D eigenvalue weighted by Crippen LogP contribution is 2.44. The van der Waals surface area contributed by atoms with Crippen molar-refractivity contribution in [2.45, 2.75) is 38.8 Å². The summed E-state index contributed by atoms with van der Waals surface area (Å²) in [6.45, 7) is 3.38. The molecule has 0 radical (unpaired) electrons. The van der Waals surface area contributed by atoms with Crippen LogP contribution in [0.25, 0.3) is 0 Å². The molecule has 1 aliphatic rings. The van der Waals surface area contributed by atoms with E-state index in [1.165, 1.54) is 24.3 Å². The van der Waals surface area contributed by atoms with Gasteiger partial charge in [-0.1, -0.05) is 18.5 Å². The number of fused-ring (bicyclic) bond motifs is 1. The van der Waals surface area contributed by atoms with Crippen LogP contribution in [0, 0.1) is 5.82 Å². The molecule has 0 aliphatic carbocycles. The van der Waals surface area contributed by atoms with Gasteiger partial charge in [0.05, 0.1) is 6.04 Å². The van der Waals surface area contributed by atoms with Crippen molar-refractivity contribution in [2.75, 3.05) is 16.4 Å². The van der Waals surface area contributed by atoms with Gasteiger partial charge in [0.25, 0.3) is 11.8 Å². The van der Waals surface area contributed by atoms with Crippen LogP contribution in [0.2, 0.25) is 5.02 Å². The van der Waals surface area contributed by atoms with Crippen LogP contribution in [0.15, 0.2) is 66.7 Å². The highest BCUT2D eigenvalue weighted by Gasteiger charge is 2.39. The lowest BCUT2D eigenvalue weighted by atomic mass is 9.89. The monoisotopic (exact) mass is 523 g/mol. The lowest BCUT2D eigenvalue weighted by Gasteiger charge is -2.43. The molecule has 0 saturated carbocycles. The van der Waals surface area contributed by atoms with Gasteiger partial charge in [-0.25, -0.2) is 4.39 Å².